The van der Waals surface area contributed by atoms with Crippen LogP contribution in [0.4, 0.5) is 0 Å². The van der Waals surface area contributed by atoms with Crippen LogP contribution in [0.1, 0.15) is 28.4 Å². The van der Waals surface area contributed by atoms with E-state index >= 15 is 0 Å². The number of hydrogen-bond acceptors (Lipinski definition) is 5. The monoisotopic (exact) mass is 327 g/mol. The second-order valence-corrected chi connectivity index (χ2v) is 5.29. The summed E-state index contributed by atoms with van der Waals surface area (Å²) < 4.78 is 15.2. The second-order valence-electron chi connectivity index (χ2n) is 5.29. The van der Waals surface area contributed by atoms with Crippen LogP contribution in [-0.2, 0) is 9.53 Å². The lowest BCUT2D eigenvalue weighted by Crippen LogP contribution is -2.30. The fourth-order valence-electron chi connectivity index (χ4n) is 2.47. The van der Waals surface area contributed by atoms with E-state index in [2.05, 4.69) is 5.32 Å². The van der Waals surface area contributed by atoms with E-state index in [4.69, 9.17) is 14.2 Å². The molecule has 0 aliphatic carbocycles. The lowest BCUT2D eigenvalue weighted by Gasteiger charge is -2.18. The van der Waals surface area contributed by atoms with Crippen molar-refractivity contribution in [1.82, 2.24) is 5.32 Å². The van der Waals surface area contributed by atoms with E-state index < -0.39 is 12.0 Å². The van der Waals surface area contributed by atoms with Crippen molar-refractivity contribution in [3.8, 4) is 11.5 Å². The van der Waals surface area contributed by atoms with Crippen LogP contribution in [0.15, 0.2) is 48.5 Å². The van der Waals surface area contributed by atoms with Crippen molar-refractivity contribution in [2.24, 2.45) is 0 Å². The van der Waals surface area contributed by atoms with Gasteiger partial charge in [0.2, 0.25) is 6.79 Å². The Kier molecular flexibility index (Phi) is 4.65. The van der Waals surface area contributed by atoms with Gasteiger partial charge in [0.05, 0.1) is 19.6 Å². The van der Waals surface area contributed by atoms with Crippen LogP contribution < -0.4 is 14.8 Å². The first-order valence-electron chi connectivity index (χ1n) is 7.49. The number of amides is 1. The summed E-state index contributed by atoms with van der Waals surface area (Å²) in [6, 6.07) is 13.8. The quantitative estimate of drug-likeness (QED) is 0.854. The van der Waals surface area contributed by atoms with Gasteiger partial charge in [0, 0.05) is 5.56 Å². The summed E-state index contributed by atoms with van der Waals surface area (Å²) in [5.41, 5.74) is 1.27. The minimum Gasteiger partial charge on any atom is -0.469 e. The summed E-state index contributed by atoms with van der Waals surface area (Å²) in [5, 5.41) is 2.87. The zero-order valence-electron chi connectivity index (χ0n) is 13.2. The Bertz CT molecular complexity index is 744. The zero-order valence-corrected chi connectivity index (χ0v) is 13.2. The van der Waals surface area contributed by atoms with Crippen molar-refractivity contribution in [1.29, 1.82) is 0 Å². The third kappa shape index (κ3) is 3.48. The minimum absolute atomic E-state index is 0.0524. The van der Waals surface area contributed by atoms with E-state index in [0.717, 1.165) is 5.56 Å². The lowest BCUT2D eigenvalue weighted by atomic mass is 10.0. The van der Waals surface area contributed by atoms with Crippen LogP contribution in [0.5, 0.6) is 11.5 Å². The van der Waals surface area contributed by atoms with E-state index in [-0.39, 0.29) is 19.1 Å². The summed E-state index contributed by atoms with van der Waals surface area (Å²) in [6.07, 6.45) is 0.0524. The van der Waals surface area contributed by atoms with Crippen molar-refractivity contribution in [3.63, 3.8) is 0 Å². The summed E-state index contributed by atoms with van der Waals surface area (Å²) in [7, 11) is 1.32. The van der Waals surface area contributed by atoms with Gasteiger partial charge in [0.25, 0.3) is 5.91 Å². The normalized spacial score (nSPS) is 13.2. The maximum atomic E-state index is 12.5. The number of fused-ring (bicyclic) bond motifs is 1. The highest BCUT2D eigenvalue weighted by molar-refractivity contribution is 5.95. The smallest absolute Gasteiger partial charge is 0.307 e. The Labute approximate surface area is 139 Å². The van der Waals surface area contributed by atoms with Crippen LogP contribution >= 0.6 is 0 Å². The van der Waals surface area contributed by atoms with Crippen LogP contribution in [0.2, 0.25) is 0 Å². The molecule has 3 rings (SSSR count). The second kappa shape index (κ2) is 7.04. The molecule has 1 heterocycles. The summed E-state index contributed by atoms with van der Waals surface area (Å²) in [5.74, 6) is 0.452. The molecule has 1 unspecified atom stereocenters. The topological polar surface area (TPSA) is 73.9 Å². The van der Waals surface area contributed by atoms with Gasteiger partial charge < -0.3 is 19.5 Å². The zero-order chi connectivity index (χ0) is 16.9. The number of carbonyl (C=O) groups excluding carboxylic acids is 2. The molecule has 0 saturated carbocycles. The lowest BCUT2D eigenvalue weighted by molar-refractivity contribution is -0.141. The maximum Gasteiger partial charge on any atom is 0.307 e. The van der Waals surface area contributed by atoms with E-state index in [1.165, 1.54) is 7.11 Å². The number of carbonyl (C=O) groups is 2. The molecule has 0 saturated heterocycles. The molecule has 1 N–H and O–H groups in total. The van der Waals surface area contributed by atoms with Crippen LogP contribution in [0, 0.1) is 0 Å². The molecule has 6 nitrogen and oxygen atoms in total. The Balaban J connectivity index is 1.79. The van der Waals surface area contributed by atoms with E-state index in [1.54, 1.807) is 18.2 Å². The van der Waals surface area contributed by atoms with Crippen molar-refractivity contribution in [3.05, 3.63) is 59.7 Å². The highest BCUT2D eigenvalue weighted by Gasteiger charge is 2.21. The predicted octanol–water partition coefficient (Wildman–Crippen LogP) is 2.45. The van der Waals surface area contributed by atoms with Crippen molar-refractivity contribution < 1.29 is 23.8 Å². The van der Waals surface area contributed by atoms with Gasteiger partial charge in [-0.3, -0.25) is 9.59 Å². The number of esters is 1. The highest BCUT2D eigenvalue weighted by atomic mass is 16.7. The molecule has 1 aliphatic heterocycles. The third-order valence-corrected chi connectivity index (χ3v) is 3.74. The van der Waals surface area contributed by atoms with Crippen LogP contribution in [0.25, 0.3) is 0 Å². The Morgan fingerprint density at radius 3 is 2.62 bits per heavy atom. The minimum atomic E-state index is -0.475. The number of hydrogen-bond donors (Lipinski definition) is 1. The summed E-state index contributed by atoms with van der Waals surface area (Å²) in [4.78, 5) is 24.2. The Morgan fingerprint density at radius 2 is 1.88 bits per heavy atom. The first-order valence-corrected chi connectivity index (χ1v) is 7.49. The molecule has 0 spiro atoms. The molecular weight excluding hydrogens is 310 g/mol. The summed E-state index contributed by atoms with van der Waals surface area (Å²) >= 11 is 0. The Morgan fingerprint density at radius 1 is 1.12 bits per heavy atom. The van der Waals surface area contributed by atoms with Gasteiger partial charge >= 0.3 is 5.97 Å². The maximum absolute atomic E-state index is 12.5. The number of nitrogens with one attached hydrogen (secondary N) is 1. The summed E-state index contributed by atoms with van der Waals surface area (Å²) in [6.45, 7) is 0.148. The van der Waals surface area contributed by atoms with E-state index in [9.17, 15) is 9.59 Å². The third-order valence-electron chi connectivity index (χ3n) is 3.74. The average Bonchev–Trinajstić information content (AvgIpc) is 3.09. The predicted molar refractivity (Wildman–Crippen MR) is 85.8 cm³/mol. The molecule has 0 radical (unpaired) electrons. The molecule has 0 fully saturated rings. The van der Waals surface area contributed by atoms with Crippen molar-refractivity contribution in [2.75, 3.05) is 13.9 Å². The van der Waals surface area contributed by atoms with E-state index in [0.29, 0.717) is 17.1 Å². The van der Waals surface area contributed by atoms with Gasteiger partial charge in [-0.05, 0) is 23.8 Å². The molecule has 1 atom stereocenters. The largest absolute Gasteiger partial charge is 0.469 e. The van der Waals surface area contributed by atoms with Gasteiger partial charge in [-0.2, -0.15) is 0 Å². The molecule has 2 aromatic carbocycles. The van der Waals surface area contributed by atoms with Gasteiger partial charge in [-0.15, -0.1) is 0 Å². The van der Waals surface area contributed by atoms with E-state index in [1.807, 2.05) is 30.3 Å². The SMILES string of the molecule is COC(=O)CC(NC(=O)c1ccc2c(c1)OCO2)c1ccccc1. The number of ether oxygens (including phenoxy) is 3. The Hall–Kier alpha value is -3.02. The molecular formula is C18H17NO5. The van der Waals surface area contributed by atoms with Gasteiger partial charge in [-0.25, -0.2) is 0 Å². The molecule has 0 bridgehead atoms. The first kappa shape index (κ1) is 15.9. The fraction of sp³-hybridized carbons (Fsp3) is 0.222. The van der Waals surface area contributed by atoms with Gasteiger partial charge in [-0.1, -0.05) is 30.3 Å². The molecule has 0 aromatic heterocycles. The molecule has 1 aliphatic rings. The molecule has 24 heavy (non-hydrogen) atoms. The van der Waals surface area contributed by atoms with Crippen molar-refractivity contribution >= 4 is 11.9 Å². The highest BCUT2D eigenvalue weighted by Crippen LogP contribution is 2.32. The average molecular weight is 327 g/mol. The molecule has 6 heteroatoms. The van der Waals surface area contributed by atoms with Crippen molar-refractivity contribution in [2.45, 2.75) is 12.5 Å². The number of benzene rings is 2. The van der Waals surface area contributed by atoms with Gasteiger partial charge in [0.15, 0.2) is 11.5 Å². The standard InChI is InChI=1S/C18H17NO5/c1-22-17(20)10-14(12-5-3-2-4-6-12)19-18(21)13-7-8-15-16(9-13)24-11-23-15/h2-9,14H,10-11H2,1H3,(H,19,21). The number of methoxy groups -OCH3 is 1. The van der Waals surface area contributed by atoms with Crippen LogP contribution in [-0.4, -0.2) is 25.8 Å². The first-order chi connectivity index (χ1) is 11.7. The molecule has 2 aromatic rings. The number of rotatable bonds is 5. The molecule has 1 amide bonds. The van der Waals surface area contributed by atoms with Gasteiger partial charge in [0.1, 0.15) is 0 Å². The molecule has 124 valence electrons. The fourth-order valence-corrected chi connectivity index (χ4v) is 2.47. The van der Waals surface area contributed by atoms with Crippen LogP contribution in [0.3, 0.4) is 0 Å².